The van der Waals surface area contributed by atoms with E-state index in [1.54, 1.807) is 0 Å². The van der Waals surface area contributed by atoms with E-state index in [1.807, 2.05) is 0 Å². The van der Waals surface area contributed by atoms with Gasteiger partial charge >= 0.3 is 0 Å². The summed E-state index contributed by atoms with van der Waals surface area (Å²) in [5, 5.41) is 2.24. The molecule has 2 aromatic heterocycles. The van der Waals surface area contributed by atoms with Gasteiger partial charge in [-0.05, 0) is 23.3 Å². The maximum Gasteiger partial charge on any atom is 0.0968 e. The van der Waals surface area contributed by atoms with Crippen molar-refractivity contribution in [1.82, 2.24) is 9.97 Å². The normalized spacial score (nSPS) is 12.4. The van der Waals surface area contributed by atoms with Crippen LogP contribution < -0.4 is 0 Å². The molecule has 2 heterocycles. The minimum absolute atomic E-state index is 0.196. The van der Waals surface area contributed by atoms with Crippen molar-refractivity contribution in [2.45, 2.75) is 38.5 Å². The van der Waals surface area contributed by atoms with Crippen LogP contribution in [0.25, 0.3) is 21.8 Å². The van der Waals surface area contributed by atoms with Crippen molar-refractivity contribution in [3.05, 3.63) is 120 Å². The summed E-state index contributed by atoms with van der Waals surface area (Å²) >= 11 is 0. The summed E-state index contributed by atoms with van der Waals surface area (Å²) in [4.78, 5) is 10.4. The SMILES string of the molecule is CC(C)(c1ccccc1)c1ccc2ccc3ccc(C(C)(C)c4ccccc4)nc3c2n1. The smallest absolute Gasteiger partial charge is 0.0968 e. The highest BCUT2D eigenvalue weighted by atomic mass is 14.8. The molecule has 158 valence electrons. The first kappa shape index (κ1) is 20.4. The fourth-order valence-electron chi connectivity index (χ4n) is 4.47. The first-order valence-corrected chi connectivity index (χ1v) is 11.2. The molecule has 32 heavy (non-hydrogen) atoms. The van der Waals surface area contributed by atoms with E-state index in [9.17, 15) is 0 Å². The number of rotatable bonds is 4. The first-order chi connectivity index (χ1) is 15.4. The molecule has 0 aliphatic rings. The molecule has 0 saturated heterocycles. The maximum absolute atomic E-state index is 5.18. The highest BCUT2D eigenvalue weighted by Gasteiger charge is 2.27. The Morgan fingerprint density at radius 3 is 1.16 bits per heavy atom. The zero-order valence-electron chi connectivity index (χ0n) is 19.1. The summed E-state index contributed by atoms with van der Waals surface area (Å²) in [7, 11) is 0. The summed E-state index contributed by atoms with van der Waals surface area (Å²) in [5.74, 6) is 0. The molecular formula is C30H28N2. The Labute approximate surface area is 190 Å². The number of benzene rings is 3. The van der Waals surface area contributed by atoms with Gasteiger partial charge in [0.2, 0.25) is 0 Å². The van der Waals surface area contributed by atoms with Crippen LogP contribution >= 0.6 is 0 Å². The Morgan fingerprint density at radius 1 is 0.438 bits per heavy atom. The second-order valence-electron chi connectivity index (χ2n) is 9.58. The molecule has 0 bridgehead atoms. The fraction of sp³-hybridized carbons (Fsp3) is 0.200. The summed E-state index contributed by atoms with van der Waals surface area (Å²) < 4.78 is 0. The van der Waals surface area contributed by atoms with E-state index in [0.29, 0.717) is 0 Å². The Hall–Kier alpha value is -3.52. The molecule has 0 unspecified atom stereocenters. The molecule has 0 spiro atoms. The van der Waals surface area contributed by atoms with Crippen molar-refractivity contribution in [2.75, 3.05) is 0 Å². The third-order valence-electron chi connectivity index (χ3n) is 6.79. The van der Waals surface area contributed by atoms with E-state index in [0.717, 1.165) is 33.2 Å². The van der Waals surface area contributed by atoms with Crippen molar-refractivity contribution in [3.8, 4) is 0 Å². The molecule has 2 heteroatoms. The van der Waals surface area contributed by atoms with Crippen LogP contribution in [0.1, 0.15) is 50.2 Å². The minimum Gasteiger partial charge on any atom is -0.250 e. The van der Waals surface area contributed by atoms with Gasteiger partial charge in [0.1, 0.15) is 0 Å². The van der Waals surface area contributed by atoms with Gasteiger partial charge in [-0.2, -0.15) is 0 Å². The lowest BCUT2D eigenvalue weighted by Gasteiger charge is -2.26. The van der Waals surface area contributed by atoms with Crippen molar-refractivity contribution in [1.29, 1.82) is 0 Å². The second kappa shape index (κ2) is 7.56. The van der Waals surface area contributed by atoms with Crippen LogP contribution in [0, 0.1) is 0 Å². The van der Waals surface area contributed by atoms with Gasteiger partial charge in [-0.3, -0.25) is 0 Å². The van der Waals surface area contributed by atoms with Crippen LogP contribution in [-0.2, 0) is 10.8 Å². The molecule has 0 radical (unpaired) electrons. The summed E-state index contributed by atoms with van der Waals surface area (Å²) in [6, 6.07) is 34.1. The van der Waals surface area contributed by atoms with Gasteiger partial charge in [0.25, 0.3) is 0 Å². The Morgan fingerprint density at radius 2 is 0.781 bits per heavy atom. The zero-order valence-corrected chi connectivity index (χ0v) is 19.1. The molecule has 3 aromatic carbocycles. The first-order valence-electron chi connectivity index (χ1n) is 11.2. The molecule has 5 aromatic rings. The van der Waals surface area contributed by atoms with E-state index >= 15 is 0 Å². The largest absolute Gasteiger partial charge is 0.250 e. The van der Waals surface area contributed by atoms with Crippen molar-refractivity contribution >= 4 is 21.8 Å². The van der Waals surface area contributed by atoms with E-state index in [2.05, 4.69) is 125 Å². The Kier molecular flexibility index (Phi) is 4.82. The van der Waals surface area contributed by atoms with E-state index in [1.165, 1.54) is 11.1 Å². The van der Waals surface area contributed by atoms with Crippen LogP contribution in [0.4, 0.5) is 0 Å². The summed E-state index contributed by atoms with van der Waals surface area (Å²) in [5.41, 5.74) is 6.16. The quantitative estimate of drug-likeness (QED) is 0.285. The predicted octanol–water partition coefficient (Wildman–Crippen LogP) is 7.43. The van der Waals surface area contributed by atoms with Crippen LogP contribution in [0.3, 0.4) is 0 Å². The van der Waals surface area contributed by atoms with Gasteiger partial charge in [0, 0.05) is 21.6 Å². The molecule has 0 aliphatic heterocycles. The van der Waals surface area contributed by atoms with Gasteiger partial charge in [-0.25, -0.2) is 9.97 Å². The summed E-state index contributed by atoms with van der Waals surface area (Å²) in [6.45, 7) is 8.94. The van der Waals surface area contributed by atoms with Crippen molar-refractivity contribution in [2.24, 2.45) is 0 Å². The summed E-state index contributed by atoms with van der Waals surface area (Å²) in [6.07, 6.45) is 0. The number of hydrogen-bond acceptors (Lipinski definition) is 2. The highest BCUT2D eigenvalue weighted by Crippen LogP contribution is 2.35. The molecule has 0 fully saturated rings. The maximum atomic E-state index is 5.18. The number of fused-ring (bicyclic) bond motifs is 3. The van der Waals surface area contributed by atoms with Crippen LogP contribution in [0.2, 0.25) is 0 Å². The van der Waals surface area contributed by atoms with E-state index in [-0.39, 0.29) is 10.8 Å². The van der Waals surface area contributed by atoms with Gasteiger partial charge < -0.3 is 0 Å². The van der Waals surface area contributed by atoms with E-state index < -0.39 is 0 Å². The van der Waals surface area contributed by atoms with Gasteiger partial charge in [-0.15, -0.1) is 0 Å². The van der Waals surface area contributed by atoms with Gasteiger partial charge in [0.05, 0.1) is 22.4 Å². The highest BCUT2D eigenvalue weighted by molar-refractivity contribution is 6.02. The van der Waals surface area contributed by atoms with Crippen LogP contribution in [0.5, 0.6) is 0 Å². The van der Waals surface area contributed by atoms with Gasteiger partial charge in [0.15, 0.2) is 0 Å². The Balaban J connectivity index is 1.70. The molecule has 0 saturated carbocycles. The molecule has 0 aliphatic carbocycles. The number of pyridine rings is 2. The number of aromatic nitrogens is 2. The molecule has 2 nitrogen and oxygen atoms in total. The molecular weight excluding hydrogens is 388 g/mol. The lowest BCUT2D eigenvalue weighted by Crippen LogP contribution is -2.21. The Bertz CT molecular complexity index is 1290. The number of nitrogens with zero attached hydrogens (tertiary/aromatic N) is 2. The third-order valence-corrected chi connectivity index (χ3v) is 6.79. The van der Waals surface area contributed by atoms with Gasteiger partial charge in [-0.1, -0.05) is 113 Å². The standard InChI is InChI=1S/C30H28N2/c1-29(2,23-11-7-5-8-12-23)25-19-17-21-15-16-22-18-20-26(32-28(22)27(21)31-25)30(3,4)24-13-9-6-10-14-24/h5-20H,1-4H3. The number of hydrogen-bond donors (Lipinski definition) is 0. The fourth-order valence-corrected chi connectivity index (χ4v) is 4.47. The minimum atomic E-state index is -0.196. The average molecular weight is 417 g/mol. The topological polar surface area (TPSA) is 25.8 Å². The van der Waals surface area contributed by atoms with Crippen LogP contribution in [0.15, 0.2) is 97.1 Å². The van der Waals surface area contributed by atoms with Crippen molar-refractivity contribution < 1.29 is 0 Å². The second-order valence-corrected chi connectivity index (χ2v) is 9.58. The monoisotopic (exact) mass is 416 g/mol. The molecule has 5 rings (SSSR count). The molecule has 0 atom stereocenters. The lowest BCUT2D eigenvalue weighted by molar-refractivity contribution is 0.618. The van der Waals surface area contributed by atoms with E-state index in [4.69, 9.17) is 9.97 Å². The van der Waals surface area contributed by atoms with Crippen molar-refractivity contribution in [3.63, 3.8) is 0 Å². The molecule has 0 amide bonds. The lowest BCUT2D eigenvalue weighted by atomic mass is 9.80. The van der Waals surface area contributed by atoms with Crippen LogP contribution in [-0.4, -0.2) is 9.97 Å². The third kappa shape index (κ3) is 3.36. The average Bonchev–Trinajstić information content (AvgIpc) is 2.84. The predicted molar refractivity (Wildman–Crippen MR) is 134 cm³/mol. The molecule has 0 N–H and O–H groups in total. The zero-order chi connectivity index (χ0) is 22.3.